The molecule has 1 aromatic heterocycles. The molecule has 0 aliphatic rings. The van der Waals surface area contributed by atoms with Gasteiger partial charge in [0, 0.05) is 32.9 Å². The van der Waals surface area contributed by atoms with Crippen LogP contribution in [0.1, 0.15) is 13.8 Å². The maximum Gasteiger partial charge on any atom is 0.145 e. The zero-order valence-electron chi connectivity index (χ0n) is 11.1. The standard InChI is InChI=1S/C12H24N4O/c1-11(2)10-15(8-9-17-3)6-7-16-5-4-12(13)14-16/h4-5,11H,6-10H2,1-3H3,(H2,13,14). The van der Waals surface area contributed by atoms with Crippen LogP contribution in [0.25, 0.3) is 0 Å². The predicted octanol–water partition coefficient (Wildman–Crippen LogP) is 1.07. The average Bonchev–Trinajstić information content (AvgIpc) is 2.68. The normalized spacial score (nSPS) is 11.6. The highest BCUT2D eigenvalue weighted by Crippen LogP contribution is 2.01. The van der Waals surface area contributed by atoms with Gasteiger partial charge >= 0.3 is 0 Å². The van der Waals surface area contributed by atoms with Crippen LogP contribution in [0, 0.1) is 5.92 Å². The SMILES string of the molecule is COCCN(CCn1ccc(N)n1)CC(C)C. The van der Waals surface area contributed by atoms with Crippen LogP contribution in [-0.4, -0.2) is 48.0 Å². The molecule has 0 saturated carbocycles. The van der Waals surface area contributed by atoms with E-state index in [4.69, 9.17) is 10.5 Å². The van der Waals surface area contributed by atoms with E-state index in [9.17, 15) is 0 Å². The second kappa shape index (κ2) is 7.29. The molecule has 98 valence electrons. The summed E-state index contributed by atoms with van der Waals surface area (Å²) >= 11 is 0. The van der Waals surface area contributed by atoms with E-state index in [1.165, 1.54) is 0 Å². The largest absolute Gasteiger partial charge is 0.383 e. The topological polar surface area (TPSA) is 56.3 Å². The Morgan fingerprint density at radius 1 is 1.47 bits per heavy atom. The average molecular weight is 240 g/mol. The van der Waals surface area contributed by atoms with E-state index < -0.39 is 0 Å². The van der Waals surface area contributed by atoms with E-state index in [1.807, 2.05) is 16.9 Å². The number of nitrogens with two attached hydrogens (primary N) is 1. The fourth-order valence-corrected chi connectivity index (χ4v) is 1.78. The molecule has 0 amide bonds. The van der Waals surface area contributed by atoms with Gasteiger partial charge in [-0.05, 0) is 12.0 Å². The van der Waals surface area contributed by atoms with Gasteiger partial charge in [0.25, 0.3) is 0 Å². The third-order valence-corrected chi connectivity index (χ3v) is 2.54. The predicted molar refractivity (Wildman–Crippen MR) is 69.8 cm³/mol. The number of rotatable bonds is 8. The van der Waals surface area contributed by atoms with E-state index >= 15 is 0 Å². The Bertz CT molecular complexity index is 311. The van der Waals surface area contributed by atoms with Crippen molar-refractivity contribution in [2.45, 2.75) is 20.4 Å². The van der Waals surface area contributed by atoms with E-state index in [2.05, 4.69) is 23.8 Å². The summed E-state index contributed by atoms with van der Waals surface area (Å²) in [4.78, 5) is 2.39. The minimum atomic E-state index is 0.581. The minimum absolute atomic E-state index is 0.581. The molecular formula is C12H24N4O. The zero-order valence-corrected chi connectivity index (χ0v) is 11.1. The van der Waals surface area contributed by atoms with Gasteiger partial charge in [-0.2, -0.15) is 5.10 Å². The van der Waals surface area contributed by atoms with E-state index in [0.29, 0.717) is 11.7 Å². The Balaban J connectivity index is 2.36. The number of hydrogen-bond donors (Lipinski definition) is 1. The van der Waals surface area contributed by atoms with Crippen LogP contribution >= 0.6 is 0 Å². The molecule has 2 N–H and O–H groups in total. The van der Waals surface area contributed by atoms with Gasteiger partial charge in [0.05, 0.1) is 13.2 Å². The third kappa shape index (κ3) is 5.70. The highest BCUT2D eigenvalue weighted by Gasteiger charge is 2.07. The number of nitrogen functional groups attached to an aromatic ring is 1. The summed E-state index contributed by atoms with van der Waals surface area (Å²) < 4.78 is 7.01. The lowest BCUT2D eigenvalue weighted by molar-refractivity contribution is 0.136. The van der Waals surface area contributed by atoms with Crippen molar-refractivity contribution in [3.63, 3.8) is 0 Å². The Morgan fingerprint density at radius 2 is 2.24 bits per heavy atom. The van der Waals surface area contributed by atoms with E-state index in [0.717, 1.165) is 32.8 Å². The van der Waals surface area contributed by atoms with Crippen molar-refractivity contribution in [3.05, 3.63) is 12.3 Å². The summed E-state index contributed by atoms with van der Waals surface area (Å²) in [5.74, 6) is 1.24. The van der Waals surface area contributed by atoms with Crippen LogP contribution in [0.3, 0.4) is 0 Å². The molecule has 0 aliphatic heterocycles. The Hall–Kier alpha value is -1.07. The number of ether oxygens (including phenoxy) is 1. The Labute approximate surface area is 104 Å². The van der Waals surface area contributed by atoms with Gasteiger partial charge in [-0.15, -0.1) is 0 Å². The molecule has 1 heterocycles. The van der Waals surface area contributed by atoms with Gasteiger partial charge in [-0.25, -0.2) is 0 Å². The highest BCUT2D eigenvalue weighted by atomic mass is 16.5. The second-order valence-electron chi connectivity index (χ2n) is 4.69. The van der Waals surface area contributed by atoms with Crippen molar-refractivity contribution in [3.8, 4) is 0 Å². The summed E-state index contributed by atoms with van der Waals surface area (Å²) in [5.41, 5.74) is 5.58. The molecule has 0 atom stereocenters. The molecule has 5 heteroatoms. The smallest absolute Gasteiger partial charge is 0.145 e. The molecule has 0 radical (unpaired) electrons. The molecule has 0 saturated heterocycles. The van der Waals surface area contributed by atoms with Crippen molar-refractivity contribution in [1.29, 1.82) is 0 Å². The fourth-order valence-electron chi connectivity index (χ4n) is 1.78. The lowest BCUT2D eigenvalue weighted by atomic mass is 10.2. The molecule has 0 spiro atoms. The summed E-state index contributed by atoms with van der Waals surface area (Å²) in [7, 11) is 1.74. The molecule has 17 heavy (non-hydrogen) atoms. The van der Waals surface area contributed by atoms with Crippen molar-refractivity contribution in [1.82, 2.24) is 14.7 Å². The van der Waals surface area contributed by atoms with Gasteiger partial charge in [-0.1, -0.05) is 13.8 Å². The maximum absolute atomic E-state index is 5.58. The maximum atomic E-state index is 5.58. The first-order valence-corrected chi connectivity index (χ1v) is 6.12. The highest BCUT2D eigenvalue weighted by molar-refractivity contribution is 5.23. The van der Waals surface area contributed by atoms with Crippen molar-refractivity contribution in [2.24, 2.45) is 5.92 Å². The quantitative estimate of drug-likeness (QED) is 0.738. The fraction of sp³-hybridized carbons (Fsp3) is 0.750. The summed E-state index contributed by atoms with van der Waals surface area (Å²) in [5, 5.41) is 4.18. The van der Waals surface area contributed by atoms with Crippen LogP contribution < -0.4 is 5.73 Å². The van der Waals surface area contributed by atoms with Crippen LogP contribution in [-0.2, 0) is 11.3 Å². The lowest BCUT2D eigenvalue weighted by Crippen LogP contribution is -2.34. The van der Waals surface area contributed by atoms with Crippen molar-refractivity contribution < 1.29 is 4.74 Å². The van der Waals surface area contributed by atoms with Gasteiger partial charge in [0.15, 0.2) is 0 Å². The first kappa shape index (κ1) is 14.0. The van der Waals surface area contributed by atoms with Crippen LogP contribution in [0.2, 0.25) is 0 Å². The number of methoxy groups -OCH3 is 1. The van der Waals surface area contributed by atoms with Crippen LogP contribution in [0.15, 0.2) is 12.3 Å². The van der Waals surface area contributed by atoms with Crippen molar-refractivity contribution >= 4 is 5.82 Å². The van der Waals surface area contributed by atoms with Gasteiger partial charge in [0.2, 0.25) is 0 Å². The molecule has 1 rings (SSSR count). The summed E-state index contributed by atoms with van der Waals surface area (Å²) in [6.07, 6.45) is 1.92. The monoisotopic (exact) mass is 240 g/mol. The van der Waals surface area contributed by atoms with E-state index in [1.54, 1.807) is 7.11 Å². The molecule has 0 aromatic carbocycles. The lowest BCUT2D eigenvalue weighted by Gasteiger charge is -2.23. The minimum Gasteiger partial charge on any atom is -0.383 e. The van der Waals surface area contributed by atoms with E-state index in [-0.39, 0.29) is 0 Å². The Morgan fingerprint density at radius 3 is 2.76 bits per heavy atom. The second-order valence-corrected chi connectivity index (χ2v) is 4.69. The first-order valence-electron chi connectivity index (χ1n) is 6.12. The summed E-state index contributed by atoms with van der Waals surface area (Å²) in [6, 6.07) is 1.82. The molecular weight excluding hydrogens is 216 g/mol. The van der Waals surface area contributed by atoms with Gasteiger partial charge < -0.3 is 10.5 Å². The van der Waals surface area contributed by atoms with Gasteiger partial charge in [-0.3, -0.25) is 9.58 Å². The van der Waals surface area contributed by atoms with Crippen LogP contribution in [0.4, 0.5) is 5.82 Å². The summed E-state index contributed by atoms with van der Waals surface area (Å²) in [6.45, 7) is 9.12. The molecule has 0 bridgehead atoms. The number of hydrogen-bond acceptors (Lipinski definition) is 4. The molecule has 0 unspecified atom stereocenters. The van der Waals surface area contributed by atoms with Crippen LogP contribution in [0.5, 0.6) is 0 Å². The number of anilines is 1. The van der Waals surface area contributed by atoms with Crippen molar-refractivity contribution in [2.75, 3.05) is 39.1 Å². The van der Waals surface area contributed by atoms with Gasteiger partial charge in [0.1, 0.15) is 5.82 Å². The Kier molecular flexibility index (Phi) is 6.00. The zero-order chi connectivity index (χ0) is 12.7. The third-order valence-electron chi connectivity index (χ3n) is 2.54. The first-order chi connectivity index (χ1) is 8.11. The number of aromatic nitrogens is 2. The molecule has 0 aliphatic carbocycles. The molecule has 0 fully saturated rings. The molecule has 1 aromatic rings. The molecule has 5 nitrogen and oxygen atoms in total. The number of nitrogens with zero attached hydrogens (tertiary/aromatic N) is 3.